The molecule has 3 N–H and O–H groups in total. The number of fused-ring (bicyclic) bond motifs is 1. The predicted octanol–water partition coefficient (Wildman–Crippen LogP) is 3.49. The second-order valence-electron chi connectivity index (χ2n) is 8.23. The Morgan fingerprint density at radius 3 is 2.42 bits per heavy atom. The minimum Gasteiger partial charge on any atom is -0.374 e. The molecule has 2 amide bonds. The molecular weight excluding hydrogens is 437 g/mol. The lowest BCUT2D eigenvalue weighted by Gasteiger charge is -2.30. The van der Waals surface area contributed by atoms with Crippen molar-refractivity contribution in [2.24, 2.45) is 13.0 Å². The molecule has 1 aliphatic rings. The van der Waals surface area contributed by atoms with E-state index in [0.717, 1.165) is 34.4 Å². The summed E-state index contributed by atoms with van der Waals surface area (Å²) in [5, 5.41) is 17.2. The van der Waals surface area contributed by atoms with Gasteiger partial charge in [-0.3, -0.25) is 9.59 Å². The summed E-state index contributed by atoms with van der Waals surface area (Å²) < 4.78 is 42.2. The molecule has 33 heavy (non-hydrogen) atoms. The summed E-state index contributed by atoms with van der Waals surface area (Å²) in [6.45, 7) is -0.468. The van der Waals surface area contributed by atoms with Crippen LogP contribution in [0.3, 0.4) is 0 Å². The molecule has 0 radical (unpaired) electrons. The Labute approximate surface area is 187 Å². The minimum atomic E-state index is -5.00. The zero-order chi connectivity index (χ0) is 23.8. The van der Waals surface area contributed by atoms with E-state index >= 15 is 0 Å². The highest BCUT2D eigenvalue weighted by atomic mass is 19.4. The van der Waals surface area contributed by atoms with Gasteiger partial charge in [0.1, 0.15) is 5.82 Å². The first kappa shape index (κ1) is 22.8. The molecule has 1 atom stereocenters. The van der Waals surface area contributed by atoms with Gasteiger partial charge in [-0.25, -0.2) is 4.98 Å². The number of rotatable bonds is 7. The zero-order valence-corrected chi connectivity index (χ0v) is 17.8. The van der Waals surface area contributed by atoms with Gasteiger partial charge in [0.25, 0.3) is 5.91 Å². The van der Waals surface area contributed by atoms with E-state index in [4.69, 9.17) is 0 Å². The Bertz CT molecular complexity index is 1200. The van der Waals surface area contributed by atoms with Crippen LogP contribution < -0.4 is 10.6 Å². The lowest BCUT2D eigenvalue weighted by molar-refractivity contribution is -0.272. The molecule has 4 rings (SSSR count). The van der Waals surface area contributed by atoms with Crippen molar-refractivity contribution in [2.75, 3.05) is 11.9 Å². The van der Waals surface area contributed by atoms with E-state index in [1.165, 1.54) is 13.2 Å². The first-order valence-electron chi connectivity index (χ1n) is 10.5. The third-order valence-corrected chi connectivity index (χ3v) is 5.77. The molecule has 2 aromatic carbocycles. The summed E-state index contributed by atoms with van der Waals surface area (Å²) >= 11 is 0. The predicted molar refractivity (Wildman–Crippen MR) is 115 cm³/mol. The van der Waals surface area contributed by atoms with Gasteiger partial charge in [-0.2, -0.15) is 13.2 Å². The monoisotopic (exact) mass is 460 g/mol. The maximum Gasteiger partial charge on any atom is 0.424 e. The van der Waals surface area contributed by atoms with Crippen LogP contribution in [0.4, 0.5) is 18.9 Å². The van der Waals surface area contributed by atoms with Crippen molar-refractivity contribution in [3.63, 3.8) is 0 Å². The van der Waals surface area contributed by atoms with Crippen molar-refractivity contribution < 1.29 is 27.9 Å². The zero-order valence-electron chi connectivity index (χ0n) is 17.8. The number of halogens is 3. The summed E-state index contributed by atoms with van der Waals surface area (Å²) in [6, 6.07) is 10.5. The number of amides is 2. The van der Waals surface area contributed by atoms with Crippen molar-refractivity contribution in [2.45, 2.75) is 31.0 Å². The molecule has 3 aromatic rings. The van der Waals surface area contributed by atoms with E-state index in [-0.39, 0.29) is 17.4 Å². The van der Waals surface area contributed by atoms with E-state index in [0.29, 0.717) is 5.69 Å². The molecule has 1 heterocycles. The lowest BCUT2D eigenvalue weighted by Crippen LogP contribution is -2.46. The third kappa shape index (κ3) is 4.56. The molecule has 1 unspecified atom stereocenters. The number of nitrogens with one attached hydrogen (secondary N) is 2. The van der Waals surface area contributed by atoms with Gasteiger partial charge in [-0.05, 0) is 35.7 Å². The van der Waals surface area contributed by atoms with Crippen molar-refractivity contribution in [1.29, 1.82) is 0 Å². The van der Waals surface area contributed by atoms with Crippen molar-refractivity contribution in [1.82, 2.24) is 14.9 Å². The van der Waals surface area contributed by atoms with Crippen LogP contribution >= 0.6 is 0 Å². The van der Waals surface area contributed by atoms with Gasteiger partial charge in [0.15, 0.2) is 0 Å². The van der Waals surface area contributed by atoms with Crippen LogP contribution in [0.15, 0.2) is 48.8 Å². The number of aliphatic hydroxyl groups is 1. The Morgan fingerprint density at radius 2 is 1.85 bits per heavy atom. The normalized spacial score (nSPS) is 15.8. The number of imidazole rings is 1. The number of anilines is 1. The van der Waals surface area contributed by atoms with Crippen LogP contribution in [0.1, 0.15) is 35.4 Å². The molecule has 0 bridgehead atoms. The SMILES string of the molecule is Cn1ccnc1C(O)(CCNC(=O)c1cc2ccccc2cc1NC(=O)C1CC1)C(F)(F)F. The molecule has 174 valence electrons. The van der Waals surface area contributed by atoms with E-state index in [9.17, 15) is 27.9 Å². The van der Waals surface area contributed by atoms with Gasteiger partial charge in [0, 0.05) is 38.3 Å². The van der Waals surface area contributed by atoms with Gasteiger partial charge in [0.05, 0.1) is 11.3 Å². The van der Waals surface area contributed by atoms with E-state index < -0.39 is 36.5 Å². The molecule has 7 nitrogen and oxygen atoms in total. The van der Waals surface area contributed by atoms with Crippen LogP contribution in [-0.2, 0) is 17.4 Å². The molecule has 0 saturated heterocycles. The summed E-state index contributed by atoms with van der Waals surface area (Å²) in [5.74, 6) is -1.50. The molecule has 0 aliphatic heterocycles. The smallest absolute Gasteiger partial charge is 0.374 e. The molecule has 1 fully saturated rings. The third-order valence-electron chi connectivity index (χ3n) is 5.77. The van der Waals surface area contributed by atoms with Crippen LogP contribution in [0, 0.1) is 5.92 Å². The second kappa shape index (κ2) is 8.51. The first-order chi connectivity index (χ1) is 15.6. The van der Waals surface area contributed by atoms with Gasteiger partial charge in [0.2, 0.25) is 11.5 Å². The molecule has 1 saturated carbocycles. The minimum absolute atomic E-state index is 0.0908. The number of benzene rings is 2. The topological polar surface area (TPSA) is 96.2 Å². The fraction of sp³-hybridized carbons (Fsp3) is 0.348. The van der Waals surface area contributed by atoms with E-state index in [2.05, 4.69) is 15.6 Å². The van der Waals surface area contributed by atoms with Crippen LogP contribution in [0.5, 0.6) is 0 Å². The standard InChI is InChI=1S/C23H23F3N4O3/c1-30-11-10-28-21(30)22(33,23(24,25)26)8-9-27-20(32)17-12-15-4-2-3-5-16(15)13-18(17)29-19(31)14-6-7-14/h2-5,10-14,33H,6-9H2,1H3,(H,27,32)(H,29,31). The highest BCUT2D eigenvalue weighted by molar-refractivity contribution is 6.08. The van der Waals surface area contributed by atoms with Crippen LogP contribution in [0.2, 0.25) is 0 Å². The number of aromatic nitrogens is 2. The van der Waals surface area contributed by atoms with E-state index in [1.54, 1.807) is 24.3 Å². The summed E-state index contributed by atoms with van der Waals surface area (Å²) in [5.41, 5.74) is -2.81. The molecule has 1 aliphatic carbocycles. The average Bonchev–Trinajstić information content (AvgIpc) is 3.53. The Hall–Kier alpha value is -3.40. The molecular formula is C23H23F3N4O3. The largest absolute Gasteiger partial charge is 0.424 e. The second-order valence-corrected chi connectivity index (χ2v) is 8.23. The quantitative estimate of drug-likeness (QED) is 0.503. The summed E-state index contributed by atoms with van der Waals surface area (Å²) in [4.78, 5) is 28.9. The number of alkyl halides is 3. The molecule has 1 aromatic heterocycles. The number of nitrogens with zero attached hydrogens (tertiary/aromatic N) is 2. The number of hydrogen-bond donors (Lipinski definition) is 3. The highest BCUT2D eigenvalue weighted by Gasteiger charge is 2.57. The summed E-state index contributed by atoms with van der Waals surface area (Å²) in [6.07, 6.45) is -1.80. The Kier molecular flexibility index (Phi) is 5.87. The number of aryl methyl sites for hydroxylation is 1. The van der Waals surface area contributed by atoms with Crippen molar-refractivity contribution >= 4 is 28.3 Å². The number of carbonyl (C=O) groups is 2. The van der Waals surface area contributed by atoms with Crippen LogP contribution in [0.25, 0.3) is 10.8 Å². The van der Waals surface area contributed by atoms with Gasteiger partial charge >= 0.3 is 6.18 Å². The van der Waals surface area contributed by atoms with Gasteiger partial charge in [-0.1, -0.05) is 24.3 Å². The lowest BCUT2D eigenvalue weighted by atomic mass is 9.97. The summed E-state index contributed by atoms with van der Waals surface area (Å²) in [7, 11) is 1.35. The Morgan fingerprint density at radius 1 is 1.18 bits per heavy atom. The van der Waals surface area contributed by atoms with Crippen LogP contribution in [-0.4, -0.2) is 39.2 Å². The van der Waals surface area contributed by atoms with Crippen molar-refractivity contribution in [3.8, 4) is 0 Å². The maximum atomic E-state index is 13.7. The van der Waals surface area contributed by atoms with Crippen molar-refractivity contribution in [3.05, 3.63) is 60.2 Å². The molecule has 0 spiro atoms. The van der Waals surface area contributed by atoms with E-state index in [1.807, 2.05) is 12.1 Å². The first-order valence-corrected chi connectivity index (χ1v) is 10.5. The maximum absolute atomic E-state index is 13.7. The number of hydrogen-bond acceptors (Lipinski definition) is 4. The van der Waals surface area contributed by atoms with Gasteiger partial charge in [-0.15, -0.1) is 0 Å². The number of carbonyl (C=O) groups excluding carboxylic acids is 2. The molecule has 10 heteroatoms. The Balaban J connectivity index is 1.55. The van der Waals surface area contributed by atoms with Gasteiger partial charge < -0.3 is 20.3 Å². The fourth-order valence-corrected chi connectivity index (χ4v) is 3.71. The fourth-order valence-electron chi connectivity index (χ4n) is 3.71. The average molecular weight is 460 g/mol. The highest BCUT2D eigenvalue weighted by Crippen LogP contribution is 2.40.